The summed E-state index contributed by atoms with van der Waals surface area (Å²) in [6, 6.07) is 8.25. The summed E-state index contributed by atoms with van der Waals surface area (Å²) in [5.74, 6) is -6.40. The molecular weight excluding hydrogens is 348 g/mol. The second-order valence-electron chi connectivity index (χ2n) is 4.84. The van der Waals surface area contributed by atoms with Gasteiger partial charge in [-0.25, -0.2) is 18.4 Å². The van der Waals surface area contributed by atoms with Crippen LogP contribution in [0.25, 0.3) is 0 Å². The summed E-state index contributed by atoms with van der Waals surface area (Å²) < 4.78 is 63.9. The third kappa shape index (κ3) is 4.82. The van der Waals surface area contributed by atoms with Crippen molar-refractivity contribution in [3.05, 3.63) is 59.5 Å². The summed E-state index contributed by atoms with van der Waals surface area (Å²) in [5.41, 5.74) is -0.628. The number of benzene rings is 1. The maximum absolute atomic E-state index is 12.8. The van der Waals surface area contributed by atoms with E-state index in [0.717, 1.165) is 6.07 Å². The molecule has 0 radical (unpaired) electrons. The average molecular weight is 360 g/mol. The van der Waals surface area contributed by atoms with E-state index < -0.39 is 30.9 Å². The quantitative estimate of drug-likeness (QED) is 0.557. The van der Waals surface area contributed by atoms with E-state index in [1.165, 1.54) is 24.5 Å². The highest BCUT2D eigenvalue weighted by molar-refractivity contribution is 6.03. The molecule has 1 heterocycles. The maximum atomic E-state index is 12.8. The van der Waals surface area contributed by atoms with Crippen LogP contribution in [0.3, 0.4) is 0 Å². The first-order valence-electron chi connectivity index (χ1n) is 6.93. The van der Waals surface area contributed by atoms with Gasteiger partial charge in [0, 0.05) is 0 Å². The first-order valence-corrected chi connectivity index (χ1v) is 6.93. The molecule has 0 aliphatic heterocycles. The van der Waals surface area contributed by atoms with Crippen LogP contribution in [0.5, 0.6) is 0 Å². The van der Waals surface area contributed by atoms with Crippen LogP contribution in [0, 0.1) is 0 Å². The fraction of sp³-hybridized carbons (Fsp3) is 0.250. The molecule has 0 saturated carbocycles. The average Bonchev–Trinajstić information content (AvgIpc) is 3.11. The summed E-state index contributed by atoms with van der Waals surface area (Å²) >= 11 is 0. The van der Waals surface area contributed by atoms with Crippen LogP contribution in [0.1, 0.15) is 26.5 Å². The molecule has 0 fully saturated rings. The number of halogens is 4. The van der Waals surface area contributed by atoms with Crippen LogP contribution in [0.2, 0.25) is 0 Å². The molecule has 25 heavy (non-hydrogen) atoms. The Balaban J connectivity index is 2.06. The van der Waals surface area contributed by atoms with Crippen molar-refractivity contribution >= 4 is 11.9 Å². The van der Waals surface area contributed by atoms with Gasteiger partial charge in [0.05, 0.1) is 17.4 Å². The second-order valence-corrected chi connectivity index (χ2v) is 4.84. The lowest BCUT2D eigenvalue weighted by Gasteiger charge is -2.15. The van der Waals surface area contributed by atoms with Crippen molar-refractivity contribution in [2.75, 3.05) is 6.61 Å². The number of furan rings is 1. The number of hydrogen-bond donors (Lipinski definition) is 0. The fourth-order valence-corrected chi connectivity index (χ4v) is 1.75. The van der Waals surface area contributed by atoms with Gasteiger partial charge in [0.15, 0.2) is 6.61 Å². The molecule has 1 aromatic carbocycles. The van der Waals surface area contributed by atoms with Gasteiger partial charge < -0.3 is 13.9 Å². The maximum Gasteiger partial charge on any atom is 0.340 e. The zero-order valence-electron chi connectivity index (χ0n) is 12.6. The van der Waals surface area contributed by atoms with Crippen LogP contribution in [0.4, 0.5) is 17.6 Å². The van der Waals surface area contributed by atoms with E-state index in [4.69, 9.17) is 9.15 Å². The molecule has 0 amide bonds. The Morgan fingerprint density at radius 1 is 1.00 bits per heavy atom. The molecule has 0 aliphatic carbocycles. The van der Waals surface area contributed by atoms with Crippen LogP contribution >= 0.6 is 0 Å². The van der Waals surface area contributed by atoms with Crippen molar-refractivity contribution in [1.82, 2.24) is 0 Å². The molecule has 0 atom stereocenters. The van der Waals surface area contributed by atoms with Crippen molar-refractivity contribution in [2.24, 2.45) is 0 Å². The molecule has 5 nitrogen and oxygen atoms in total. The van der Waals surface area contributed by atoms with Crippen molar-refractivity contribution in [3.63, 3.8) is 0 Å². The third-order valence-electron chi connectivity index (χ3n) is 3.01. The molecule has 0 unspecified atom stereocenters. The molecule has 2 rings (SSSR count). The van der Waals surface area contributed by atoms with E-state index >= 15 is 0 Å². The minimum absolute atomic E-state index is 0.210. The van der Waals surface area contributed by atoms with Gasteiger partial charge in [0.25, 0.3) is 0 Å². The van der Waals surface area contributed by atoms with Gasteiger partial charge in [-0.05, 0) is 24.3 Å². The largest absolute Gasteiger partial charge is 0.466 e. The number of carbonyl (C=O) groups excluding carboxylic acids is 2. The van der Waals surface area contributed by atoms with E-state index in [-0.39, 0.29) is 17.7 Å². The zero-order chi connectivity index (χ0) is 18.4. The van der Waals surface area contributed by atoms with Gasteiger partial charge in [0.1, 0.15) is 12.4 Å². The normalized spacial score (nSPS) is 11.4. The molecule has 9 heteroatoms. The first kappa shape index (κ1) is 18.5. The van der Waals surface area contributed by atoms with Gasteiger partial charge in [-0.1, -0.05) is 12.1 Å². The van der Waals surface area contributed by atoms with E-state index in [2.05, 4.69) is 4.74 Å². The van der Waals surface area contributed by atoms with Crippen molar-refractivity contribution < 1.29 is 41.0 Å². The summed E-state index contributed by atoms with van der Waals surface area (Å²) in [5, 5.41) is 0. The molecule has 0 N–H and O–H groups in total. The molecule has 0 spiro atoms. The summed E-state index contributed by atoms with van der Waals surface area (Å²) in [6.45, 7) is -2.02. The molecule has 2 aromatic rings. The standard InChI is InChI=1S/C16H12F4O5/c17-15(18)16(19,20)9-25-14(22)12-6-2-1-5-11(12)13(21)24-8-10-4-3-7-23-10/h1-7,15H,8-9H2. The number of rotatable bonds is 7. The lowest BCUT2D eigenvalue weighted by atomic mass is 10.1. The van der Waals surface area contributed by atoms with Gasteiger partial charge >= 0.3 is 24.3 Å². The molecule has 0 bridgehead atoms. The smallest absolute Gasteiger partial charge is 0.340 e. The molecule has 134 valence electrons. The monoisotopic (exact) mass is 360 g/mol. The zero-order valence-corrected chi connectivity index (χ0v) is 12.6. The van der Waals surface area contributed by atoms with Gasteiger partial charge in [-0.3, -0.25) is 0 Å². The number of ether oxygens (including phenoxy) is 2. The number of alkyl halides is 4. The van der Waals surface area contributed by atoms with Gasteiger partial charge in [-0.15, -0.1) is 0 Å². The summed E-state index contributed by atoms with van der Waals surface area (Å²) in [6.07, 6.45) is -2.61. The Hall–Kier alpha value is -2.84. The highest BCUT2D eigenvalue weighted by Gasteiger charge is 2.42. The van der Waals surface area contributed by atoms with Crippen LogP contribution in [-0.2, 0) is 16.1 Å². The Bertz CT molecular complexity index is 728. The van der Waals surface area contributed by atoms with Crippen LogP contribution in [-0.4, -0.2) is 30.9 Å². The highest BCUT2D eigenvalue weighted by atomic mass is 19.3. The van der Waals surface area contributed by atoms with Crippen molar-refractivity contribution in [2.45, 2.75) is 19.0 Å². The predicted octanol–water partition coefficient (Wildman–Crippen LogP) is 3.69. The van der Waals surface area contributed by atoms with E-state index in [1.807, 2.05) is 0 Å². The summed E-state index contributed by atoms with van der Waals surface area (Å²) in [7, 11) is 0. The number of hydrogen-bond acceptors (Lipinski definition) is 5. The van der Waals surface area contributed by atoms with E-state index in [0.29, 0.717) is 5.76 Å². The summed E-state index contributed by atoms with van der Waals surface area (Å²) in [4.78, 5) is 23.9. The lowest BCUT2D eigenvalue weighted by molar-refractivity contribution is -0.155. The van der Waals surface area contributed by atoms with Crippen molar-refractivity contribution in [3.8, 4) is 0 Å². The van der Waals surface area contributed by atoms with Crippen LogP contribution in [0.15, 0.2) is 47.1 Å². The topological polar surface area (TPSA) is 65.7 Å². The minimum Gasteiger partial charge on any atom is -0.466 e. The second kappa shape index (κ2) is 7.82. The van der Waals surface area contributed by atoms with E-state index in [9.17, 15) is 27.2 Å². The predicted molar refractivity (Wildman–Crippen MR) is 75.5 cm³/mol. The third-order valence-corrected chi connectivity index (χ3v) is 3.01. The molecule has 0 saturated heterocycles. The Kier molecular flexibility index (Phi) is 5.79. The van der Waals surface area contributed by atoms with Gasteiger partial charge in [-0.2, -0.15) is 8.78 Å². The SMILES string of the molecule is O=C(OCc1ccco1)c1ccccc1C(=O)OCC(F)(F)C(F)F. The first-order chi connectivity index (χ1) is 11.8. The molecule has 1 aromatic heterocycles. The van der Waals surface area contributed by atoms with Gasteiger partial charge in [0.2, 0.25) is 0 Å². The Labute approximate surface area is 139 Å². The van der Waals surface area contributed by atoms with E-state index in [1.54, 1.807) is 12.1 Å². The highest BCUT2D eigenvalue weighted by Crippen LogP contribution is 2.24. The minimum atomic E-state index is -4.48. The number of carbonyl (C=O) groups is 2. The fourth-order valence-electron chi connectivity index (χ4n) is 1.75. The molecular formula is C16H12F4O5. The Morgan fingerprint density at radius 3 is 2.12 bits per heavy atom. The lowest BCUT2D eigenvalue weighted by Crippen LogP contribution is -2.33. The molecule has 0 aliphatic rings. The van der Waals surface area contributed by atoms with Crippen molar-refractivity contribution in [1.29, 1.82) is 0 Å². The Morgan fingerprint density at radius 2 is 1.60 bits per heavy atom. The van der Waals surface area contributed by atoms with Crippen LogP contribution < -0.4 is 0 Å². The number of esters is 2.